The van der Waals surface area contributed by atoms with Gasteiger partial charge in [-0.15, -0.1) is 0 Å². The van der Waals surface area contributed by atoms with Crippen LogP contribution >= 0.6 is 11.6 Å². The average Bonchev–Trinajstić information content (AvgIpc) is 3.36. The van der Waals surface area contributed by atoms with E-state index in [4.69, 9.17) is 11.6 Å². The summed E-state index contributed by atoms with van der Waals surface area (Å²) >= 11 is 6.38. The Morgan fingerprint density at radius 3 is 2.39 bits per heavy atom. The third kappa shape index (κ3) is 4.42. The second kappa shape index (κ2) is 9.97. The molecule has 2 aromatic carbocycles. The zero-order valence-electron chi connectivity index (χ0n) is 19.3. The van der Waals surface area contributed by atoms with Crippen LogP contribution in [-0.2, 0) is 6.42 Å². The number of hydrogen-bond acceptors (Lipinski definition) is 5. The number of hydrazine groups is 1. The topological polar surface area (TPSA) is 102 Å². The molecule has 0 saturated heterocycles. The summed E-state index contributed by atoms with van der Waals surface area (Å²) in [6.07, 6.45) is 3.67. The first-order chi connectivity index (χ1) is 17.6. The average molecular weight is 497 g/mol. The molecule has 9 heteroatoms. The molecule has 2 N–H and O–H groups in total. The lowest BCUT2D eigenvalue weighted by atomic mass is 10.0. The highest BCUT2D eigenvalue weighted by atomic mass is 35.5. The van der Waals surface area contributed by atoms with Gasteiger partial charge in [0.2, 0.25) is 0 Å². The standard InChI is InChI=1S/C27H21ClN6O2/c1-2-24-20(16-30-34(24)25-13-7-8-14-29-25)27(36)33-32-26(35)19-15-23(18-10-3-5-11-21(18)28)31-22-12-6-4-9-17(19)22/h3-16H,2H2,1H3,(H,32,35)(H,33,36). The van der Waals surface area contributed by atoms with Crippen LogP contribution < -0.4 is 10.9 Å². The molecule has 36 heavy (non-hydrogen) atoms. The van der Waals surface area contributed by atoms with E-state index in [-0.39, 0.29) is 0 Å². The Bertz CT molecular complexity index is 1580. The molecule has 2 amide bonds. The maximum atomic E-state index is 13.2. The quantitative estimate of drug-likeness (QED) is 0.341. The number of fused-ring (bicyclic) bond motifs is 1. The number of halogens is 1. The van der Waals surface area contributed by atoms with Crippen LogP contribution in [0.15, 0.2) is 85.2 Å². The highest BCUT2D eigenvalue weighted by Gasteiger charge is 2.20. The summed E-state index contributed by atoms with van der Waals surface area (Å²) in [7, 11) is 0. The molecule has 0 aliphatic heterocycles. The number of nitrogens with zero attached hydrogens (tertiary/aromatic N) is 4. The van der Waals surface area contributed by atoms with Crippen molar-refractivity contribution in [2.24, 2.45) is 0 Å². The fourth-order valence-electron chi connectivity index (χ4n) is 4.00. The molecule has 0 aliphatic rings. The number of amides is 2. The Morgan fingerprint density at radius 1 is 0.917 bits per heavy atom. The Morgan fingerprint density at radius 2 is 1.64 bits per heavy atom. The van der Waals surface area contributed by atoms with Gasteiger partial charge >= 0.3 is 0 Å². The van der Waals surface area contributed by atoms with Crippen molar-refractivity contribution in [3.05, 3.63) is 107 Å². The number of carbonyl (C=O) groups is 2. The van der Waals surface area contributed by atoms with Crippen LogP contribution in [0.25, 0.3) is 28.0 Å². The lowest BCUT2D eigenvalue weighted by Gasteiger charge is -2.12. The molecule has 5 rings (SSSR count). The molecule has 178 valence electrons. The molecule has 0 bridgehead atoms. The molecule has 8 nitrogen and oxygen atoms in total. The fraction of sp³-hybridized carbons (Fsp3) is 0.0741. The summed E-state index contributed by atoms with van der Waals surface area (Å²) in [5.74, 6) is -0.356. The van der Waals surface area contributed by atoms with Crippen LogP contribution in [0.5, 0.6) is 0 Å². The van der Waals surface area contributed by atoms with Crippen molar-refractivity contribution >= 4 is 34.3 Å². The molecule has 3 heterocycles. The van der Waals surface area contributed by atoms with Crippen molar-refractivity contribution in [1.82, 2.24) is 30.6 Å². The van der Waals surface area contributed by atoms with E-state index in [0.717, 1.165) is 0 Å². The van der Waals surface area contributed by atoms with E-state index < -0.39 is 11.8 Å². The van der Waals surface area contributed by atoms with Crippen LogP contribution in [0.1, 0.15) is 33.3 Å². The number of benzene rings is 2. The highest BCUT2D eigenvalue weighted by molar-refractivity contribution is 6.33. The predicted octanol–water partition coefficient (Wildman–Crippen LogP) is 4.77. The second-order valence-corrected chi connectivity index (χ2v) is 8.33. The summed E-state index contributed by atoms with van der Waals surface area (Å²) in [5, 5.41) is 5.49. The van der Waals surface area contributed by atoms with Crippen molar-refractivity contribution in [3.63, 3.8) is 0 Å². The number of carbonyl (C=O) groups excluding carboxylic acids is 2. The van der Waals surface area contributed by atoms with E-state index in [1.807, 2.05) is 61.5 Å². The molecule has 0 spiro atoms. The van der Waals surface area contributed by atoms with Crippen LogP contribution in [-0.4, -0.2) is 31.6 Å². The van der Waals surface area contributed by atoms with Gasteiger partial charge < -0.3 is 0 Å². The van der Waals surface area contributed by atoms with Gasteiger partial charge in [-0.1, -0.05) is 61.0 Å². The maximum Gasteiger partial charge on any atom is 0.273 e. The van der Waals surface area contributed by atoms with E-state index >= 15 is 0 Å². The molecular weight excluding hydrogens is 476 g/mol. The summed E-state index contributed by atoms with van der Waals surface area (Å²) in [5.41, 5.74) is 8.32. The molecule has 0 radical (unpaired) electrons. The number of hydrogen-bond donors (Lipinski definition) is 2. The van der Waals surface area contributed by atoms with Crippen molar-refractivity contribution in [3.8, 4) is 17.1 Å². The number of aromatic nitrogens is 4. The molecular formula is C27H21ClN6O2. The largest absolute Gasteiger partial charge is 0.273 e. The number of rotatable bonds is 5. The van der Waals surface area contributed by atoms with Crippen LogP contribution in [0.3, 0.4) is 0 Å². The molecule has 0 saturated carbocycles. The van der Waals surface area contributed by atoms with Gasteiger partial charge in [0.1, 0.15) is 0 Å². The number of pyridine rings is 2. The Balaban J connectivity index is 1.42. The zero-order chi connectivity index (χ0) is 25.1. The predicted molar refractivity (Wildman–Crippen MR) is 138 cm³/mol. The molecule has 3 aromatic heterocycles. The minimum atomic E-state index is -0.481. The zero-order valence-corrected chi connectivity index (χ0v) is 20.0. The Labute approximate surface area is 211 Å². The lowest BCUT2D eigenvalue weighted by Crippen LogP contribution is -2.42. The first kappa shape index (κ1) is 23.2. The van der Waals surface area contributed by atoms with Crippen LogP contribution in [0.4, 0.5) is 0 Å². The summed E-state index contributed by atoms with van der Waals surface area (Å²) in [6.45, 7) is 1.92. The van der Waals surface area contributed by atoms with Crippen LogP contribution in [0, 0.1) is 0 Å². The molecule has 0 fully saturated rings. The Kier molecular flexibility index (Phi) is 6.42. The number of para-hydroxylation sites is 1. The van der Waals surface area contributed by atoms with Gasteiger partial charge in [0.05, 0.1) is 34.2 Å². The monoisotopic (exact) mass is 496 g/mol. The molecule has 0 atom stereocenters. The van der Waals surface area contributed by atoms with Crippen molar-refractivity contribution in [1.29, 1.82) is 0 Å². The normalized spacial score (nSPS) is 10.8. The third-order valence-electron chi connectivity index (χ3n) is 5.71. The number of nitrogens with one attached hydrogen (secondary N) is 2. The van der Waals surface area contributed by atoms with E-state index in [0.29, 0.717) is 56.2 Å². The molecule has 0 unspecified atom stereocenters. The van der Waals surface area contributed by atoms with E-state index in [1.54, 1.807) is 29.1 Å². The minimum Gasteiger partial charge on any atom is -0.267 e. The van der Waals surface area contributed by atoms with E-state index in [1.165, 1.54) is 6.20 Å². The summed E-state index contributed by atoms with van der Waals surface area (Å²) < 4.78 is 1.61. The lowest BCUT2D eigenvalue weighted by molar-refractivity contribution is 0.0847. The van der Waals surface area contributed by atoms with Gasteiger partial charge in [-0.2, -0.15) is 5.10 Å². The SMILES string of the molecule is CCc1c(C(=O)NNC(=O)c2cc(-c3ccccc3Cl)nc3ccccc23)cnn1-c1ccccn1. The summed E-state index contributed by atoms with van der Waals surface area (Å²) in [4.78, 5) is 35.2. The van der Waals surface area contributed by atoms with Gasteiger partial charge in [0.25, 0.3) is 11.8 Å². The van der Waals surface area contributed by atoms with Crippen molar-refractivity contribution in [2.45, 2.75) is 13.3 Å². The smallest absolute Gasteiger partial charge is 0.267 e. The van der Waals surface area contributed by atoms with Crippen LogP contribution in [0.2, 0.25) is 5.02 Å². The van der Waals surface area contributed by atoms with E-state index in [9.17, 15) is 9.59 Å². The first-order valence-electron chi connectivity index (χ1n) is 11.3. The molecule has 5 aromatic rings. The first-order valence-corrected chi connectivity index (χ1v) is 11.7. The van der Waals surface area contributed by atoms with Gasteiger partial charge in [0.15, 0.2) is 5.82 Å². The minimum absolute atomic E-state index is 0.347. The maximum absolute atomic E-state index is 13.2. The van der Waals surface area contributed by atoms with Gasteiger partial charge in [0, 0.05) is 22.2 Å². The van der Waals surface area contributed by atoms with Crippen molar-refractivity contribution < 1.29 is 9.59 Å². The van der Waals surface area contributed by atoms with E-state index in [2.05, 4.69) is 25.9 Å². The Hall–Kier alpha value is -4.56. The second-order valence-electron chi connectivity index (χ2n) is 7.92. The van der Waals surface area contributed by atoms with Gasteiger partial charge in [-0.25, -0.2) is 14.6 Å². The highest BCUT2D eigenvalue weighted by Crippen LogP contribution is 2.29. The molecule has 0 aliphatic carbocycles. The van der Waals surface area contributed by atoms with Crippen molar-refractivity contribution in [2.75, 3.05) is 0 Å². The van der Waals surface area contributed by atoms with Gasteiger partial charge in [-0.05, 0) is 36.8 Å². The summed E-state index contributed by atoms with van der Waals surface area (Å²) in [6, 6.07) is 21.7. The third-order valence-corrected chi connectivity index (χ3v) is 6.04. The fourth-order valence-corrected chi connectivity index (χ4v) is 4.23. The van der Waals surface area contributed by atoms with Gasteiger partial charge in [-0.3, -0.25) is 20.4 Å².